The molecule has 0 spiro atoms. The molecule has 0 bridgehead atoms. The molecule has 1 aliphatic heterocycles. The molecule has 2 N–H and O–H groups in total. The van der Waals surface area contributed by atoms with E-state index in [0.717, 1.165) is 58.5 Å². The highest BCUT2D eigenvalue weighted by Crippen LogP contribution is 2.50. The van der Waals surface area contributed by atoms with Gasteiger partial charge in [-0.15, -0.1) is 0 Å². The first-order chi connectivity index (χ1) is 14.7. The van der Waals surface area contributed by atoms with Crippen molar-refractivity contribution in [2.45, 2.75) is 41.8 Å². The fraction of sp³-hybridized carbons (Fsp3) is 0.381. The molecule has 2 fully saturated rings. The first-order valence-electron chi connectivity index (χ1n) is 10.2. The minimum Gasteiger partial charge on any atom is -0.354 e. The van der Waals surface area contributed by atoms with E-state index in [0.29, 0.717) is 16.7 Å². The Labute approximate surface area is 183 Å². The number of nitrogens with zero attached hydrogens (tertiary/aromatic N) is 6. The quantitative estimate of drug-likeness (QED) is 0.620. The lowest BCUT2D eigenvalue weighted by Gasteiger charge is -2.21. The predicted molar refractivity (Wildman–Crippen MR) is 117 cm³/mol. The van der Waals surface area contributed by atoms with E-state index in [4.69, 9.17) is 27.3 Å². The fourth-order valence-corrected chi connectivity index (χ4v) is 5.44. The largest absolute Gasteiger partial charge is 0.354 e. The Kier molecular flexibility index (Phi) is 4.40. The van der Waals surface area contributed by atoms with Crippen LogP contribution in [0.5, 0.6) is 0 Å². The van der Waals surface area contributed by atoms with Crippen LogP contribution in [-0.2, 0) is 6.42 Å². The molecule has 1 atom stereocenters. The molecule has 152 valence electrons. The minimum absolute atomic E-state index is 0.169. The maximum absolute atomic E-state index is 6.85. The summed E-state index contributed by atoms with van der Waals surface area (Å²) in [6.45, 7) is 1.69. The maximum Gasteiger partial charge on any atom is 0.194 e. The van der Waals surface area contributed by atoms with E-state index in [1.54, 1.807) is 18.6 Å². The van der Waals surface area contributed by atoms with Crippen molar-refractivity contribution in [3.8, 4) is 0 Å². The molecule has 3 aromatic rings. The summed E-state index contributed by atoms with van der Waals surface area (Å²) < 4.78 is 0. The summed E-state index contributed by atoms with van der Waals surface area (Å²) in [7, 11) is 0. The zero-order chi connectivity index (χ0) is 20.2. The van der Waals surface area contributed by atoms with Crippen molar-refractivity contribution < 1.29 is 0 Å². The molecule has 7 nitrogen and oxygen atoms in total. The Morgan fingerprint density at radius 2 is 1.97 bits per heavy atom. The molecule has 4 heterocycles. The topological polar surface area (TPSA) is 93.7 Å². The third-order valence-corrected chi connectivity index (χ3v) is 7.16. The van der Waals surface area contributed by atoms with Crippen LogP contribution < -0.4 is 10.6 Å². The molecule has 0 unspecified atom stereocenters. The van der Waals surface area contributed by atoms with E-state index >= 15 is 0 Å². The van der Waals surface area contributed by atoms with Crippen LogP contribution in [0.25, 0.3) is 16.2 Å². The van der Waals surface area contributed by atoms with E-state index in [2.05, 4.69) is 19.9 Å². The van der Waals surface area contributed by atoms with Crippen LogP contribution >= 0.6 is 23.4 Å². The van der Waals surface area contributed by atoms with Gasteiger partial charge < -0.3 is 10.6 Å². The zero-order valence-electron chi connectivity index (χ0n) is 16.3. The van der Waals surface area contributed by atoms with Crippen molar-refractivity contribution >= 4 is 45.4 Å². The number of nitrogens with two attached hydrogens (primary N) is 1. The van der Waals surface area contributed by atoms with Gasteiger partial charge in [-0.3, -0.25) is 4.98 Å². The summed E-state index contributed by atoms with van der Waals surface area (Å²) in [4.78, 5) is 26.0. The Morgan fingerprint density at radius 1 is 1.10 bits per heavy atom. The van der Waals surface area contributed by atoms with Crippen LogP contribution in [0.1, 0.15) is 30.5 Å². The second-order valence-corrected chi connectivity index (χ2v) is 9.53. The first kappa shape index (κ1) is 18.5. The summed E-state index contributed by atoms with van der Waals surface area (Å²) in [6, 6.07) is 2.14. The Balaban J connectivity index is 1.40. The lowest BCUT2D eigenvalue weighted by molar-refractivity contribution is 0.750. The van der Waals surface area contributed by atoms with Gasteiger partial charge in [0.25, 0.3) is 0 Å². The molecule has 30 heavy (non-hydrogen) atoms. The van der Waals surface area contributed by atoms with Gasteiger partial charge in [-0.25, -0.2) is 19.9 Å². The monoisotopic (exact) mass is 437 g/mol. The smallest absolute Gasteiger partial charge is 0.194 e. The lowest BCUT2D eigenvalue weighted by Crippen LogP contribution is -2.28. The number of anilines is 1. The zero-order valence-corrected chi connectivity index (χ0v) is 17.8. The number of rotatable bonds is 4. The first-order valence-corrected chi connectivity index (χ1v) is 11.4. The van der Waals surface area contributed by atoms with E-state index in [9.17, 15) is 0 Å². The number of aromatic nitrogens is 5. The van der Waals surface area contributed by atoms with E-state index in [1.807, 2.05) is 6.07 Å². The van der Waals surface area contributed by atoms with Crippen molar-refractivity contribution in [3.05, 3.63) is 41.5 Å². The summed E-state index contributed by atoms with van der Waals surface area (Å²) in [6.07, 6.45) is 9.35. The van der Waals surface area contributed by atoms with Gasteiger partial charge in [0.15, 0.2) is 10.8 Å². The number of fused-ring (bicyclic) bond motifs is 2. The van der Waals surface area contributed by atoms with E-state index in [1.165, 1.54) is 30.2 Å². The van der Waals surface area contributed by atoms with Crippen LogP contribution in [0.3, 0.4) is 0 Å². The number of halogens is 1. The molecular formula is C21H20ClN7S. The summed E-state index contributed by atoms with van der Waals surface area (Å²) >= 11 is 8.35. The van der Waals surface area contributed by atoms with Crippen LogP contribution in [0.15, 0.2) is 40.3 Å². The second kappa shape index (κ2) is 7.14. The fourth-order valence-electron chi connectivity index (χ4n) is 4.25. The summed E-state index contributed by atoms with van der Waals surface area (Å²) in [5, 5.41) is 1.57. The van der Waals surface area contributed by atoms with Crippen LogP contribution in [0.2, 0.25) is 0 Å². The minimum atomic E-state index is 0.169. The van der Waals surface area contributed by atoms with Crippen LogP contribution in [0, 0.1) is 5.92 Å². The van der Waals surface area contributed by atoms with Gasteiger partial charge in [0.2, 0.25) is 0 Å². The van der Waals surface area contributed by atoms with E-state index < -0.39 is 0 Å². The van der Waals surface area contributed by atoms with Crippen molar-refractivity contribution in [2.24, 2.45) is 11.7 Å². The highest BCUT2D eigenvalue weighted by Gasteiger charge is 2.37. The highest BCUT2D eigenvalue weighted by molar-refractivity contribution is 7.99. The van der Waals surface area contributed by atoms with Crippen molar-refractivity contribution in [1.29, 1.82) is 0 Å². The average molecular weight is 438 g/mol. The maximum atomic E-state index is 6.85. The molecule has 2 aliphatic carbocycles. The molecule has 0 amide bonds. The second-order valence-electron chi connectivity index (χ2n) is 8.11. The van der Waals surface area contributed by atoms with Crippen molar-refractivity contribution in [3.63, 3.8) is 0 Å². The molecule has 1 saturated carbocycles. The summed E-state index contributed by atoms with van der Waals surface area (Å²) in [5.41, 5.74) is 11.0. The molecular weight excluding hydrogens is 418 g/mol. The standard InChI is InChI=1S/C21H20ClN7S/c22-18-14(11-1-2-11)8-15-17(18)20(29-6-3-12(23)10-29)28-21(27-15)30-13-7-16-19(26-9-13)25-5-4-24-16/h4-5,7,9,11-12H,1-3,6,8,10,23H2/t12-/m1/s1. The van der Waals surface area contributed by atoms with E-state index in [-0.39, 0.29) is 6.04 Å². The SMILES string of the molecule is N[C@@H]1CCN(c2nc(Sc3cnc4nccnc4c3)nc3c2C(Cl)=C(C2CC2)C3)C1. The molecule has 6 rings (SSSR count). The third-order valence-electron chi connectivity index (χ3n) is 5.91. The third kappa shape index (κ3) is 3.23. The lowest BCUT2D eigenvalue weighted by atomic mass is 10.1. The number of pyridine rings is 1. The van der Waals surface area contributed by atoms with Gasteiger partial charge in [-0.1, -0.05) is 11.6 Å². The van der Waals surface area contributed by atoms with Crippen molar-refractivity contribution in [2.75, 3.05) is 18.0 Å². The Bertz CT molecular complexity index is 1190. The van der Waals surface area contributed by atoms with Gasteiger partial charge in [-0.2, -0.15) is 0 Å². The molecule has 1 saturated heterocycles. The van der Waals surface area contributed by atoms with Gasteiger partial charge >= 0.3 is 0 Å². The highest BCUT2D eigenvalue weighted by atomic mass is 35.5. The predicted octanol–water partition coefficient (Wildman–Crippen LogP) is 3.42. The van der Waals surface area contributed by atoms with Crippen LogP contribution in [0.4, 0.5) is 5.82 Å². The van der Waals surface area contributed by atoms with Crippen molar-refractivity contribution in [1.82, 2.24) is 24.9 Å². The normalized spacial score (nSPS) is 21.0. The number of allylic oxidation sites excluding steroid dienone is 1. The van der Waals surface area contributed by atoms with Gasteiger partial charge in [0.05, 0.1) is 16.3 Å². The van der Waals surface area contributed by atoms with Gasteiger partial charge in [0, 0.05) is 49.0 Å². The molecule has 3 aliphatic rings. The number of hydrogen-bond donors (Lipinski definition) is 1. The molecule has 0 radical (unpaired) electrons. The Morgan fingerprint density at radius 3 is 2.77 bits per heavy atom. The molecule has 0 aromatic carbocycles. The molecule has 3 aromatic heterocycles. The van der Waals surface area contributed by atoms with Gasteiger partial charge in [-0.05, 0) is 48.6 Å². The Hall–Kier alpha value is -2.29. The molecule has 9 heteroatoms. The van der Waals surface area contributed by atoms with Crippen LogP contribution in [-0.4, -0.2) is 44.1 Å². The summed E-state index contributed by atoms with van der Waals surface area (Å²) in [5.74, 6) is 1.53. The number of hydrogen-bond acceptors (Lipinski definition) is 8. The average Bonchev–Trinajstić information content (AvgIpc) is 3.42. The van der Waals surface area contributed by atoms with Gasteiger partial charge in [0.1, 0.15) is 11.3 Å².